The number of allylic oxidation sites excluding steroid dienone is 2. The van der Waals surface area contributed by atoms with Crippen LogP contribution in [0.3, 0.4) is 0 Å². The quantitative estimate of drug-likeness (QED) is 0.709. The zero-order chi connectivity index (χ0) is 20.6. The van der Waals surface area contributed by atoms with Crippen molar-refractivity contribution in [1.29, 1.82) is 0 Å². The van der Waals surface area contributed by atoms with Crippen molar-refractivity contribution in [3.05, 3.63) is 70.1 Å². The van der Waals surface area contributed by atoms with Crippen LogP contribution in [0.4, 0.5) is 22.0 Å². The van der Waals surface area contributed by atoms with E-state index in [1.807, 2.05) is 0 Å². The van der Waals surface area contributed by atoms with Gasteiger partial charge in [0.05, 0.1) is 17.3 Å². The molecule has 0 aliphatic heterocycles. The largest absolute Gasteiger partial charge is 0.573 e. The summed E-state index contributed by atoms with van der Waals surface area (Å²) in [6.45, 7) is 1.58. The number of fused-ring (bicyclic) bond motifs is 1. The predicted octanol–water partition coefficient (Wildman–Crippen LogP) is 4.59. The fourth-order valence-corrected chi connectivity index (χ4v) is 3.02. The Balaban J connectivity index is 1.98. The number of ketones is 2. The minimum absolute atomic E-state index is 0.0134. The van der Waals surface area contributed by atoms with E-state index >= 15 is 0 Å². The normalized spacial score (nSPS) is 14.4. The highest BCUT2D eigenvalue weighted by Crippen LogP contribution is 2.33. The summed E-state index contributed by atoms with van der Waals surface area (Å²) < 4.78 is 68.5. The van der Waals surface area contributed by atoms with Gasteiger partial charge in [0.25, 0.3) is 0 Å². The number of hydrogen-bond donors (Lipinski definition) is 0. The van der Waals surface area contributed by atoms with Crippen molar-refractivity contribution in [2.45, 2.75) is 26.1 Å². The highest BCUT2D eigenvalue weighted by Gasteiger charge is 2.36. The SMILES string of the molecule is CCC1=C(Cc2ccc(OC(F)(F)F)cn2)C(=O)c2c(F)ccc(F)c2C1=O. The fourth-order valence-electron chi connectivity index (χ4n) is 3.02. The van der Waals surface area contributed by atoms with Crippen LogP contribution in [0.1, 0.15) is 39.8 Å². The minimum Gasteiger partial charge on any atom is -0.404 e. The van der Waals surface area contributed by atoms with E-state index in [1.54, 1.807) is 6.92 Å². The maximum Gasteiger partial charge on any atom is 0.573 e. The van der Waals surface area contributed by atoms with Crippen LogP contribution in [0.2, 0.25) is 0 Å². The number of halogens is 5. The first-order chi connectivity index (χ1) is 13.1. The lowest BCUT2D eigenvalue weighted by molar-refractivity contribution is -0.274. The smallest absolute Gasteiger partial charge is 0.404 e. The number of nitrogens with zero attached hydrogens (tertiary/aromatic N) is 1. The molecular weight excluding hydrogens is 385 g/mol. The second kappa shape index (κ2) is 7.14. The van der Waals surface area contributed by atoms with Crippen LogP contribution in [0.25, 0.3) is 0 Å². The Hall–Kier alpha value is -3.10. The molecule has 0 unspecified atom stereocenters. The van der Waals surface area contributed by atoms with Crippen LogP contribution in [-0.4, -0.2) is 22.9 Å². The molecule has 1 aromatic heterocycles. The summed E-state index contributed by atoms with van der Waals surface area (Å²) in [6, 6.07) is 3.73. The highest BCUT2D eigenvalue weighted by molar-refractivity contribution is 6.27. The lowest BCUT2D eigenvalue weighted by Crippen LogP contribution is -2.26. The Bertz CT molecular complexity index is 994. The van der Waals surface area contributed by atoms with Gasteiger partial charge >= 0.3 is 6.36 Å². The van der Waals surface area contributed by atoms with Crippen molar-refractivity contribution in [1.82, 2.24) is 4.98 Å². The molecule has 0 saturated heterocycles. The van der Waals surface area contributed by atoms with Gasteiger partial charge in [0.1, 0.15) is 17.4 Å². The van der Waals surface area contributed by atoms with Crippen LogP contribution < -0.4 is 4.74 Å². The Morgan fingerprint density at radius 3 is 1.96 bits per heavy atom. The summed E-state index contributed by atoms with van der Waals surface area (Å²) in [5, 5.41) is 0. The van der Waals surface area contributed by atoms with Gasteiger partial charge in [0.15, 0.2) is 11.6 Å². The van der Waals surface area contributed by atoms with Crippen molar-refractivity contribution in [3.8, 4) is 5.75 Å². The average Bonchev–Trinajstić information content (AvgIpc) is 2.62. The number of rotatable bonds is 4. The molecule has 2 aromatic rings. The number of aromatic nitrogens is 1. The first-order valence-electron chi connectivity index (χ1n) is 8.12. The third kappa shape index (κ3) is 3.64. The lowest BCUT2D eigenvalue weighted by Gasteiger charge is -2.21. The molecule has 9 heteroatoms. The van der Waals surface area contributed by atoms with Gasteiger partial charge in [-0.2, -0.15) is 0 Å². The third-order valence-corrected chi connectivity index (χ3v) is 4.21. The number of pyridine rings is 1. The van der Waals surface area contributed by atoms with Gasteiger partial charge in [-0.25, -0.2) is 8.78 Å². The first-order valence-corrected chi connectivity index (χ1v) is 8.12. The summed E-state index contributed by atoms with van der Waals surface area (Å²) >= 11 is 0. The van der Waals surface area contributed by atoms with Crippen molar-refractivity contribution < 1.29 is 36.3 Å². The van der Waals surface area contributed by atoms with Gasteiger partial charge in [-0.05, 0) is 30.7 Å². The van der Waals surface area contributed by atoms with Crippen LogP contribution in [0.15, 0.2) is 41.6 Å². The van der Waals surface area contributed by atoms with Gasteiger partial charge in [-0.15, -0.1) is 13.2 Å². The number of carbonyl (C=O) groups is 2. The highest BCUT2D eigenvalue weighted by atomic mass is 19.4. The van der Waals surface area contributed by atoms with Crippen molar-refractivity contribution in [2.24, 2.45) is 0 Å². The van der Waals surface area contributed by atoms with Crippen molar-refractivity contribution >= 4 is 11.6 Å². The summed E-state index contributed by atoms with van der Waals surface area (Å²) in [6.07, 6.45) is -4.20. The average molecular weight is 397 g/mol. The van der Waals surface area contributed by atoms with Gasteiger partial charge in [0, 0.05) is 23.3 Å². The molecule has 0 N–H and O–H groups in total. The number of Topliss-reactive ketones (excluding diaryl/α,β-unsaturated/α-hetero) is 2. The molecule has 1 aromatic carbocycles. The molecule has 0 atom stereocenters. The molecule has 3 rings (SSSR count). The molecule has 1 aliphatic rings. The molecular formula is C19H12F5NO3. The van der Waals surface area contributed by atoms with Gasteiger partial charge in [-0.3, -0.25) is 14.6 Å². The van der Waals surface area contributed by atoms with E-state index in [2.05, 4.69) is 9.72 Å². The number of hydrogen-bond acceptors (Lipinski definition) is 4. The van der Waals surface area contributed by atoms with Crippen molar-refractivity contribution in [3.63, 3.8) is 0 Å². The van der Waals surface area contributed by atoms with Gasteiger partial charge in [0.2, 0.25) is 0 Å². The molecule has 0 spiro atoms. The van der Waals surface area contributed by atoms with E-state index in [0.29, 0.717) is 0 Å². The minimum atomic E-state index is -4.88. The predicted molar refractivity (Wildman–Crippen MR) is 87.0 cm³/mol. The van der Waals surface area contributed by atoms with E-state index in [-0.39, 0.29) is 29.7 Å². The molecule has 28 heavy (non-hydrogen) atoms. The summed E-state index contributed by atoms with van der Waals surface area (Å²) in [5.41, 5.74) is -1.14. The van der Waals surface area contributed by atoms with Gasteiger partial charge < -0.3 is 4.74 Å². The van der Waals surface area contributed by atoms with Crippen LogP contribution >= 0.6 is 0 Å². The molecule has 146 valence electrons. The number of carbonyl (C=O) groups excluding carboxylic acids is 2. The molecule has 4 nitrogen and oxygen atoms in total. The first kappa shape index (κ1) is 19.7. The van der Waals surface area contributed by atoms with E-state index in [4.69, 9.17) is 0 Å². The molecule has 0 bridgehead atoms. The Morgan fingerprint density at radius 2 is 1.50 bits per heavy atom. The summed E-state index contributed by atoms with van der Waals surface area (Å²) in [5.74, 6) is -4.21. The Morgan fingerprint density at radius 1 is 0.929 bits per heavy atom. The molecule has 1 aliphatic carbocycles. The second-order valence-electron chi connectivity index (χ2n) is 5.96. The second-order valence-corrected chi connectivity index (χ2v) is 5.96. The molecule has 1 heterocycles. The van der Waals surface area contributed by atoms with Crippen LogP contribution in [0, 0.1) is 11.6 Å². The van der Waals surface area contributed by atoms with Crippen LogP contribution in [0.5, 0.6) is 5.75 Å². The summed E-state index contributed by atoms with van der Waals surface area (Å²) in [7, 11) is 0. The fraction of sp³-hybridized carbons (Fsp3) is 0.211. The molecule has 0 amide bonds. The van der Waals surface area contributed by atoms with E-state index in [0.717, 1.165) is 24.4 Å². The van der Waals surface area contributed by atoms with Crippen LogP contribution in [-0.2, 0) is 6.42 Å². The van der Waals surface area contributed by atoms with Gasteiger partial charge in [-0.1, -0.05) is 6.92 Å². The topological polar surface area (TPSA) is 56.3 Å². The Labute approximate surface area is 155 Å². The van der Waals surface area contributed by atoms with E-state index in [1.165, 1.54) is 6.07 Å². The molecule has 0 saturated carbocycles. The van der Waals surface area contributed by atoms with Crippen molar-refractivity contribution in [2.75, 3.05) is 0 Å². The standard InChI is InChI=1S/C19H12F5NO3/c1-2-11-12(7-9-3-4-10(8-25-9)28-19(22,23)24)18(27)16-14(21)6-5-13(20)15(16)17(11)26/h3-6,8H,2,7H2,1H3. The monoisotopic (exact) mass is 397 g/mol. The zero-order valence-corrected chi connectivity index (χ0v) is 14.4. The number of alkyl halides is 3. The maximum absolute atomic E-state index is 14.1. The zero-order valence-electron chi connectivity index (χ0n) is 14.4. The van der Waals surface area contributed by atoms with E-state index < -0.39 is 46.4 Å². The molecule has 0 fully saturated rings. The molecule has 0 radical (unpaired) electrons. The van der Waals surface area contributed by atoms with E-state index in [9.17, 15) is 31.5 Å². The summed E-state index contributed by atoms with van der Waals surface area (Å²) in [4.78, 5) is 29.1. The lowest BCUT2D eigenvalue weighted by atomic mass is 9.80. The number of ether oxygens (including phenoxy) is 1. The number of benzene rings is 1. The third-order valence-electron chi connectivity index (χ3n) is 4.21. The maximum atomic E-state index is 14.1. The Kier molecular flexibility index (Phi) is 5.01.